The highest BCUT2D eigenvalue weighted by Gasteiger charge is 2.33. The van der Waals surface area contributed by atoms with Crippen LogP contribution in [0.15, 0.2) is 83.8 Å². The first kappa shape index (κ1) is 28.6. The largest absolute Gasteiger partial charge is 0.494 e. The van der Waals surface area contributed by atoms with Gasteiger partial charge in [-0.2, -0.15) is 0 Å². The molecule has 0 aliphatic heterocycles. The lowest BCUT2D eigenvalue weighted by Gasteiger charge is -2.33. The van der Waals surface area contributed by atoms with Gasteiger partial charge in [0.25, 0.3) is 10.0 Å². The number of anilines is 1. The van der Waals surface area contributed by atoms with Crippen molar-refractivity contribution in [2.75, 3.05) is 24.5 Å². The van der Waals surface area contributed by atoms with Gasteiger partial charge in [0.05, 0.1) is 17.2 Å². The van der Waals surface area contributed by atoms with Crippen LogP contribution in [0.4, 0.5) is 10.1 Å². The Labute approximate surface area is 223 Å². The lowest BCUT2D eigenvalue weighted by molar-refractivity contribution is -0.140. The van der Waals surface area contributed by atoms with Gasteiger partial charge >= 0.3 is 0 Å². The van der Waals surface area contributed by atoms with E-state index in [1.165, 1.54) is 48.3 Å². The van der Waals surface area contributed by atoms with Gasteiger partial charge in [0.1, 0.15) is 24.2 Å². The molecule has 3 aromatic rings. The molecule has 3 rings (SSSR count). The van der Waals surface area contributed by atoms with Gasteiger partial charge in [-0.15, -0.1) is 0 Å². The number of likely N-dealkylation sites (N-methyl/N-ethyl adjacent to an activating group) is 1. The highest BCUT2D eigenvalue weighted by atomic mass is 32.2. The fraction of sp³-hybridized carbons (Fsp3) is 0.286. The smallest absolute Gasteiger partial charge is 0.264 e. The van der Waals surface area contributed by atoms with Crippen molar-refractivity contribution in [3.63, 3.8) is 0 Å². The topological polar surface area (TPSA) is 96.0 Å². The van der Waals surface area contributed by atoms with Crippen molar-refractivity contribution in [2.24, 2.45) is 0 Å². The van der Waals surface area contributed by atoms with Gasteiger partial charge in [0, 0.05) is 13.6 Å². The summed E-state index contributed by atoms with van der Waals surface area (Å²) in [6.07, 6.45) is 0.295. The SMILES string of the molecule is CCOc1ccc(S(=O)(=O)N(CC(=O)N(Cc2ccc(F)cc2)[C@@H](CC)C(=O)NC)c2ccccc2)cc1. The fourth-order valence-corrected chi connectivity index (χ4v) is 5.41. The Balaban J connectivity index is 2.01. The third-order valence-corrected chi connectivity index (χ3v) is 7.73. The van der Waals surface area contributed by atoms with E-state index in [1.807, 2.05) is 6.92 Å². The van der Waals surface area contributed by atoms with E-state index in [0.717, 1.165) is 4.31 Å². The van der Waals surface area contributed by atoms with Crippen molar-refractivity contribution in [3.05, 3.63) is 90.2 Å². The average molecular weight is 542 g/mol. The number of nitrogens with zero attached hydrogens (tertiary/aromatic N) is 2. The molecule has 10 heteroatoms. The predicted octanol–water partition coefficient (Wildman–Crippen LogP) is 3.97. The molecule has 0 heterocycles. The summed E-state index contributed by atoms with van der Waals surface area (Å²) in [6.45, 7) is 3.47. The number of ether oxygens (including phenoxy) is 1. The summed E-state index contributed by atoms with van der Waals surface area (Å²) in [5.74, 6) is -0.871. The van der Waals surface area contributed by atoms with Crippen LogP contribution in [0.25, 0.3) is 0 Å². The van der Waals surface area contributed by atoms with Crippen LogP contribution in [0, 0.1) is 5.82 Å². The summed E-state index contributed by atoms with van der Waals surface area (Å²) in [5, 5.41) is 2.57. The van der Waals surface area contributed by atoms with Gasteiger partial charge in [-0.1, -0.05) is 37.3 Å². The van der Waals surface area contributed by atoms with Crippen LogP contribution >= 0.6 is 0 Å². The van der Waals surface area contributed by atoms with Crippen LogP contribution in [-0.2, 0) is 26.2 Å². The fourth-order valence-electron chi connectivity index (χ4n) is 4.00. The zero-order valence-electron chi connectivity index (χ0n) is 21.6. The van der Waals surface area contributed by atoms with Crippen LogP contribution in [0.2, 0.25) is 0 Å². The minimum Gasteiger partial charge on any atom is -0.494 e. The Morgan fingerprint density at radius 1 is 0.947 bits per heavy atom. The Morgan fingerprint density at radius 2 is 1.58 bits per heavy atom. The minimum absolute atomic E-state index is 0.00320. The highest BCUT2D eigenvalue weighted by Crippen LogP contribution is 2.26. The maximum Gasteiger partial charge on any atom is 0.264 e. The Kier molecular flexibility index (Phi) is 9.84. The highest BCUT2D eigenvalue weighted by molar-refractivity contribution is 7.92. The van der Waals surface area contributed by atoms with Gasteiger partial charge in [-0.3, -0.25) is 13.9 Å². The molecule has 0 aliphatic rings. The van der Waals surface area contributed by atoms with Crippen molar-refractivity contribution < 1.29 is 27.1 Å². The number of nitrogens with one attached hydrogen (secondary N) is 1. The van der Waals surface area contributed by atoms with Crippen LogP contribution in [0.5, 0.6) is 5.75 Å². The molecular formula is C28H32FN3O5S. The molecule has 0 bridgehead atoms. The number of benzene rings is 3. The minimum atomic E-state index is -4.17. The Hall–Kier alpha value is -3.92. The number of carbonyl (C=O) groups is 2. The third kappa shape index (κ3) is 6.89. The number of hydrogen-bond donors (Lipinski definition) is 1. The van der Waals surface area contributed by atoms with Crippen molar-refractivity contribution in [2.45, 2.75) is 37.8 Å². The monoisotopic (exact) mass is 541 g/mol. The molecule has 0 saturated carbocycles. The summed E-state index contributed by atoms with van der Waals surface area (Å²) < 4.78 is 47.5. The first-order chi connectivity index (χ1) is 18.2. The summed E-state index contributed by atoms with van der Waals surface area (Å²) in [4.78, 5) is 27.8. The third-order valence-electron chi connectivity index (χ3n) is 5.94. The summed E-state index contributed by atoms with van der Waals surface area (Å²) in [5.41, 5.74) is 0.896. The van der Waals surface area contributed by atoms with Crippen LogP contribution in [0.3, 0.4) is 0 Å². The Bertz CT molecular complexity index is 1320. The molecular weight excluding hydrogens is 509 g/mol. The average Bonchev–Trinajstić information content (AvgIpc) is 2.93. The standard InChI is InChI=1S/C28H32FN3O5S/c1-4-26(28(34)30-3)31(19-21-11-13-22(29)14-12-21)27(33)20-32(23-9-7-6-8-10-23)38(35,36)25-17-15-24(16-18-25)37-5-2/h6-18,26H,4-5,19-20H2,1-3H3,(H,30,34)/t26-/m0/s1. The number of rotatable bonds is 12. The van der Waals surface area contributed by atoms with Crippen molar-refractivity contribution in [3.8, 4) is 5.75 Å². The number of amides is 2. The van der Waals surface area contributed by atoms with E-state index in [9.17, 15) is 22.4 Å². The van der Waals surface area contributed by atoms with Crippen LogP contribution < -0.4 is 14.4 Å². The van der Waals surface area contributed by atoms with E-state index in [1.54, 1.807) is 49.4 Å². The zero-order valence-corrected chi connectivity index (χ0v) is 22.4. The molecule has 1 N–H and O–H groups in total. The molecule has 8 nitrogen and oxygen atoms in total. The molecule has 0 aromatic heterocycles. The van der Waals surface area contributed by atoms with Crippen molar-refractivity contribution in [1.82, 2.24) is 10.2 Å². The van der Waals surface area contributed by atoms with E-state index in [-0.39, 0.29) is 17.3 Å². The van der Waals surface area contributed by atoms with Crippen molar-refractivity contribution in [1.29, 1.82) is 0 Å². The van der Waals surface area contributed by atoms with E-state index in [0.29, 0.717) is 30.0 Å². The first-order valence-corrected chi connectivity index (χ1v) is 13.7. The quantitative estimate of drug-likeness (QED) is 0.374. The van der Waals surface area contributed by atoms with E-state index in [4.69, 9.17) is 4.74 Å². The predicted molar refractivity (Wildman–Crippen MR) is 144 cm³/mol. The number of carbonyl (C=O) groups excluding carboxylic acids is 2. The second-order valence-corrected chi connectivity index (χ2v) is 10.3. The number of para-hydroxylation sites is 1. The van der Waals surface area contributed by atoms with E-state index in [2.05, 4.69) is 5.32 Å². The molecule has 0 saturated heterocycles. The van der Waals surface area contributed by atoms with Gasteiger partial charge in [-0.05, 0) is 67.4 Å². The maximum atomic E-state index is 13.8. The molecule has 0 spiro atoms. The number of hydrogen-bond acceptors (Lipinski definition) is 5. The molecule has 0 fully saturated rings. The number of sulfonamides is 1. The normalized spacial score (nSPS) is 11.9. The molecule has 2 amide bonds. The van der Waals surface area contributed by atoms with Crippen molar-refractivity contribution >= 4 is 27.5 Å². The summed E-state index contributed by atoms with van der Waals surface area (Å²) in [7, 11) is -2.70. The molecule has 3 aromatic carbocycles. The molecule has 202 valence electrons. The van der Waals surface area contributed by atoms with E-state index < -0.39 is 34.3 Å². The van der Waals surface area contributed by atoms with Crippen LogP contribution in [-0.4, -0.2) is 51.4 Å². The van der Waals surface area contributed by atoms with Gasteiger partial charge in [0.2, 0.25) is 11.8 Å². The second kappa shape index (κ2) is 13.0. The molecule has 0 unspecified atom stereocenters. The second-order valence-electron chi connectivity index (χ2n) is 8.44. The molecule has 1 atom stereocenters. The van der Waals surface area contributed by atoms with E-state index >= 15 is 0 Å². The maximum absolute atomic E-state index is 13.8. The zero-order chi connectivity index (χ0) is 27.7. The Morgan fingerprint density at radius 3 is 2.13 bits per heavy atom. The van der Waals surface area contributed by atoms with Gasteiger partial charge in [0.15, 0.2) is 0 Å². The molecule has 0 radical (unpaired) electrons. The molecule has 0 aliphatic carbocycles. The van der Waals surface area contributed by atoms with Gasteiger partial charge in [-0.25, -0.2) is 12.8 Å². The first-order valence-electron chi connectivity index (χ1n) is 12.3. The van der Waals surface area contributed by atoms with Gasteiger partial charge < -0.3 is 15.0 Å². The lowest BCUT2D eigenvalue weighted by Crippen LogP contribution is -2.51. The summed E-state index contributed by atoms with van der Waals surface area (Å²) >= 11 is 0. The summed E-state index contributed by atoms with van der Waals surface area (Å²) in [6, 6.07) is 19.0. The van der Waals surface area contributed by atoms with Crippen LogP contribution in [0.1, 0.15) is 25.8 Å². The molecule has 38 heavy (non-hydrogen) atoms. The number of halogens is 1. The lowest BCUT2D eigenvalue weighted by atomic mass is 10.1.